The highest BCUT2D eigenvalue weighted by Crippen LogP contribution is 2.34. The number of nitrogens with one attached hydrogen (secondary N) is 2. The number of rotatable bonds is 10. The van der Waals surface area contributed by atoms with Crippen molar-refractivity contribution < 1.29 is 33.2 Å². The van der Waals surface area contributed by atoms with E-state index >= 15 is 0 Å². The quantitative estimate of drug-likeness (QED) is 0.449. The molecule has 0 aliphatic carbocycles. The normalized spacial score (nSPS) is 11.6. The topological polar surface area (TPSA) is 99.3 Å². The van der Waals surface area contributed by atoms with E-state index in [0.717, 1.165) is 22.0 Å². The van der Waals surface area contributed by atoms with Gasteiger partial charge in [0.15, 0.2) is 12.3 Å². The summed E-state index contributed by atoms with van der Waals surface area (Å²) < 4.78 is 15.4. The van der Waals surface area contributed by atoms with Crippen LogP contribution in [0.1, 0.15) is 38.3 Å². The zero-order chi connectivity index (χ0) is 21.4. The zero-order valence-corrected chi connectivity index (χ0v) is 17.5. The number of thiophene rings is 1. The molecule has 156 valence electrons. The molecular formula is C20H25N2O6S+. The largest absolute Gasteiger partial charge is 0.463 e. The number of furan rings is 1. The van der Waals surface area contributed by atoms with E-state index < -0.39 is 11.9 Å². The molecule has 2 aromatic heterocycles. The summed E-state index contributed by atoms with van der Waals surface area (Å²) in [6.45, 7) is 7.72. The van der Waals surface area contributed by atoms with Crippen molar-refractivity contribution in [1.29, 1.82) is 0 Å². The molecular weight excluding hydrogens is 396 g/mol. The van der Waals surface area contributed by atoms with Crippen molar-refractivity contribution in [3.05, 3.63) is 52.8 Å². The van der Waals surface area contributed by atoms with Crippen LogP contribution in [0, 0.1) is 6.92 Å². The molecule has 0 saturated carbocycles. The summed E-state index contributed by atoms with van der Waals surface area (Å²) in [5.41, 5.74) is 0.577. The number of amides is 1. The Bertz CT molecular complexity index is 872. The molecule has 0 aliphatic rings. The fourth-order valence-corrected chi connectivity index (χ4v) is 3.77. The van der Waals surface area contributed by atoms with E-state index in [1.165, 1.54) is 6.08 Å². The Morgan fingerprint density at radius 2 is 2.07 bits per heavy atom. The third-order valence-electron chi connectivity index (χ3n) is 3.92. The lowest BCUT2D eigenvalue weighted by molar-refractivity contribution is -0.886. The van der Waals surface area contributed by atoms with E-state index in [9.17, 15) is 14.4 Å². The number of esters is 2. The molecule has 0 saturated heterocycles. The van der Waals surface area contributed by atoms with Gasteiger partial charge in [-0.2, -0.15) is 0 Å². The van der Waals surface area contributed by atoms with Crippen molar-refractivity contribution in [2.45, 2.75) is 20.4 Å². The number of likely N-dealkylation sites (N-methyl/N-ethyl adjacent to an activating group) is 1. The molecule has 0 bridgehead atoms. The average molecular weight is 421 g/mol. The van der Waals surface area contributed by atoms with E-state index in [4.69, 9.17) is 13.9 Å². The Balaban J connectivity index is 2.18. The van der Waals surface area contributed by atoms with Gasteiger partial charge in [-0.05, 0) is 31.5 Å². The summed E-state index contributed by atoms with van der Waals surface area (Å²) in [6.07, 6.45) is 3.03. The third kappa shape index (κ3) is 6.03. The van der Waals surface area contributed by atoms with Crippen molar-refractivity contribution in [1.82, 2.24) is 0 Å². The van der Waals surface area contributed by atoms with Gasteiger partial charge in [0.1, 0.15) is 23.0 Å². The van der Waals surface area contributed by atoms with Crippen LogP contribution in [0.2, 0.25) is 0 Å². The fraction of sp³-hybridized carbons (Fsp3) is 0.350. The van der Waals surface area contributed by atoms with Gasteiger partial charge in [0.2, 0.25) is 0 Å². The first-order valence-corrected chi connectivity index (χ1v) is 9.91. The highest BCUT2D eigenvalue weighted by molar-refractivity contribution is 7.18. The summed E-state index contributed by atoms with van der Waals surface area (Å²) >= 11 is 0.990. The molecule has 1 atom stereocenters. The Morgan fingerprint density at radius 3 is 2.69 bits per heavy atom. The van der Waals surface area contributed by atoms with Gasteiger partial charge in [0.05, 0.1) is 25.5 Å². The average Bonchev–Trinajstić information content (AvgIpc) is 3.27. The first-order chi connectivity index (χ1) is 13.9. The minimum Gasteiger partial charge on any atom is -0.463 e. The molecule has 2 aromatic rings. The van der Waals surface area contributed by atoms with Crippen LogP contribution in [0.15, 0.2) is 35.5 Å². The van der Waals surface area contributed by atoms with Gasteiger partial charge in [-0.3, -0.25) is 4.79 Å². The van der Waals surface area contributed by atoms with Gasteiger partial charge >= 0.3 is 11.9 Å². The number of quaternary nitrogens is 1. The molecule has 1 amide bonds. The summed E-state index contributed by atoms with van der Waals surface area (Å²) in [7, 11) is 1.85. The Labute approximate surface area is 173 Å². The Kier molecular flexibility index (Phi) is 8.17. The molecule has 0 radical (unpaired) electrons. The lowest BCUT2D eigenvalue weighted by atomic mass is 10.1. The van der Waals surface area contributed by atoms with E-state index in [1.807, 2.05) is 13.1 Å². The molecule has 2 heterocycles. The van der Waals surface area contributed by atoms with Crippen LogP contribution in [-0.4, -0.2) is 44.7 Å². The molecule has 0 aliphatic heterocycles. The van der Waals surface area contributed by atoms with E-state index in [-0.39, 0.29) is 41.1 Å². The number of ether oxygens (including phenoxy) is 2. The van der Waals surface area contributed by atoms with Gasteiger partial charge in [0.25, 0.3) is 5.91 Å². The first kappa shape index (κ1) is 22.4. The van der Waals surface area contributed by atoms with Crippen molar-refractivity contribution in [2.75, 3.05) is 32.1 Å². The SMILES string of the molecule is C=CCOC(=O)c1sc(NC(=O)C[NH+](C)Cc2ccco2)c(C(=O)OCC)c1C. The van der Waals surface area contributed by atoms with Gasteiger partial charge in [0, 0.05) is 0 Å². The van der Waals surface area contributed by atoms with Crippen molar-refractivity contribution in [2.24, 2.45) is 0 Å². The lowest BCUT2D eigenvalue weighted by Crippen LogP contribution is -3.08. The van der Waals surface area contributed by atoms with Gasteiger partial charge in [-0.25, -0.2) is 9.59 Å². The van der Waals surface area contributed by atoms with Crippen LogP contribution in [-0.2, 0) is 20.8 Å². The number of hydrogen-bond acceptors (Lipinski definition) is 7. The van der Waals surface area contributed by atoms with Crippen LogP contribution >= 0.6 is 11.3 Å². The van der Waals surface area contributed by atoms with E-state index in [2.05, 4.69) is 11.9 Å². The van der Waals surface area contributed by atoms with Crippen LogP contribution < -0.4 is 10.2 Å². The molecule has 0 fully saturated rings. The summed E-state index contributed by atoms with van der Waals surface area (Å²) in [4.78, 5) is 38.3. The summed E-state index contributed by atoms with van der Waals surface area (Å²) in [6, 6.07) is 3.62. The monoisotopic (exact) mass is 421 g/mol. The number of anilines is 1. The maximum atomic E-state index is 12.5. The van der Waals surface area contributed by atoms with Crippen LogP contribution in [0.25, 0.3) is 0 Å². The number of hydrogen-bond donors (Lipinski definition) is 2. The second-order valence-corrected chi connectivity index (χ2v) is 7.33. The van der Waals surface area contributed by atoms with E-state index in [0.29, 0.717) is 12.1 Å². The first-order valence-electron chi connectivity index (χ1n) is 9.09. The summed E-state index contributed by atoms with van der Waals surface area (Å²) in [5.74, 6) is -0.719. The minimum absolute atomic E-state index is 0.0491. The number of carbonyl (C=O) groups excluding carboxylic acids is 3. The number of carbonyl (C=O) groups is 3. The van der Waals surface area contributed by atoms with Crippen LogP contribution in [0.3, 0.4) is 0 Å². The highest BCUT2D eigenvalue weighted by atomic mass is 32.1. The fourth-order valence-electron chi connectivity index (χ4n) is 2.66. The minimum atomic E-state index is -0.601. The molecule has 8 nitrogen and oxygen atoms in total. The van der Waals surface area contributed by atoms with Crippen molar-refractivity contribution in [3.63, 3.8) is 0 Å². The Morgan fingerprint density at radius 1 is 1.31 bits per heavy atom. The molecule has 2 N–H and O–H groups in total. The summed E-state index contributed by atoms with van der Waals surface area (Å²) in [5, 5.41) is 3.00. The van der Waals surface area contributed by atoms with Gasteiger partial charge in [-0.15, -0.1) is 11.3 Å². The predicted molar refractivity (Wildman–Crippen MR) is 108 cm³/mol. The second-order valence-electron chi connectivity index (χ2n) is 6.31. The zero-order valence-electron chi connectivity index (χ0n) is 16.7. The smallest absolute Gasteiger partial charge is 0.348 e. The van der Waals surface area contributed by atoms with Crippen molar-refractivity contribution >= 4 is 34.2 Å². The molecule has 2 rings (SSSR count). The Hall–Kier alpha value is -2.91. The maximum absolute atomic E-state index is 12.5. The molecule has 29 heavy (non-hydrogen) atoms. The molecule has 9 heteroatoms. The van der Waals surface area contributed by atoms with Crippen LogP contribution in [0.4, 0.5) is 5.00 Å². The molecule has 1 unspecified atom stereocenters. The maximum Gasteiger partial charge on any atom is 0.348 e. The van der Waals surface area contributed by atoms with Crippen molar-refractivity contribution in [3.8, 4) is 0 Å². The highest BCUT2D eigenvalue weighted by Gasteiger charge is 2.27. The standard InChI is InChI=1S/C20H24N2O6S/c1-5-9-28-20(25)17-13(3)16(19(24)26-6-2)18(29-17)21-15(23)12-22(4)11-14-8-7-10-27-14/h5,7-8,10H,1,6,9,11-12H2,2-4H3,(H,21,23)/p+1. The third-order valence-corrected chi connectivity index (χ3v) is 5.10. The predicted octanol–water partition coefficient (Wildman–Crippen LogP) is 1.82. The van der Waals surface area contributed by atoms with Gasteiger partial charge < -0.3 is 24.1 Å². The molecule has 0 aromatic carbocycles. The lowest BCUT2D eigenvalue weighted by Gasteiger charge is -2.12. The van der Waals surface area contributed by atoms with E-state index in [1.54, 1.807) is 26.2 Å². The second kappa shape index (κ2) is 10.6. The van der Waals surface area contributed by atoms with Gasteiger partial charge in [-0.1, -0.05) is 12.7 Å². The molecule has 0 spiro atoms. The van der Waals surface area contributed by atoms with Crippen LogP contribution in [0.5, 0.6) is 0 Å².